The highest BCUT2D eigenvalue weighted by Gasteiger charge is 2.37. The van der Waals surface area contributed by atoms with Crippen molar-refractivity contribution in [2.75, 3.05) is 212 Å². The number of rotatable bonds is 52. The number of ether oxygens (including phenoxy) is 21. The van der Waals surface area contributed by atoms with Crippen LogP contribution in [0.4, 0.5) is 110 Å². The first-order chi connectivity index (χ1) is 62.0. The molecule has 0 aliphatic carbocycles. The third-order valence-electron chi connectivity index (χ3n) is 15.6. The van der Waals surface area contributed by atoms with Crippen LogP contribution in [0.25, 0.3) is 0 Å². The number of aliphatic hydroxyl groups is 3. The molecule has 50 heteroatoms. The van der Waals surface area contributed by atoms with Gasteiger partial charge in [-0.05, 0) is 69.3 Å². The second-order valence-electron chi connectivity index (χ2n) is 27.0. The molecule has 3 N–H and O–H groups in total. The first-order valence-corrected chi connectivity index (χ1v) is 40.5. The summed E-state index contributed by atoms with van der Waals surface area (Å²) in [7, 11) is 2.64. The molecule has 0 amide bonds. The van der Waals surface area contributed by atoms with Gasteiger partial charge in [-0.1, -0.05) is 27.7 Å². The molecule has 2 heterocycles. The third kappa shape index (κ3) is 44.7. The Morgan fingerprint density at radius 3 is 0.802 bits per heavy atom. The minimum absolute atomic E-state index is 0.0315. The lowest BCUT2D eigenvalue weighted by Gasteiger charge is -2.18. The van der Waals surface area contributed by atoms with Crippen LogP contribution in [0, 0.1) is 145 Å². The number of methoxy groups -OCH3 is 2. The summed E-state index contributed by atoms with van der Waals surface area (Å²) >= 11 is 2.22. The summed E-state index contributed by atoms with van der Waals surface area (Å²) in [6.45, 7) is 22.7. The molecule has 5 aromatic carbocycles. The molecule has 756 valence electrons. The molecule has 7 rings (SSSR count). The summed E-state index contributed by atoms with van der Waals surface area (Å²) in [5.41, 5.74) is 0. The van der Waals surface area contributed by atoms with Gasteiger partial charge < -0.3 is 115 Å². The van der Waals surface area contributed by atoms with Crippen molar-refractivity contribution in [3.05, 3.63) is 150 Å². The van der Waals surface area contributed by atoms with Crippen molar-refractivity contribution >= 4 is 15.9 Å². The Morgan fingerprint density at radius 2 is 0.550 bits per heavy atom. The van der Waals surface area contributed by atoms with Crippen LogP contribution in [0.15, 0.2) is 4.47 Å². The number of halogens is 26. The molecule has 2 fully saturated rings. The van der Waals surface area contributed by atoms with E-state index in [9.17, 15) is 110 Å². The van der Waals surface area contributed by atoms with Gasteiger partial charge in [0.05, 0.1) is 150 Å². The summed E-state index contributed by atoms with van der Waals surface area (Å²) in [4.78, 5) is 0. The third-order valence-corrected chi connectivity index (χ3v) is 16.3. The highest BCUT2D eigenvalue weighted by Crippen LogP contribution is 2.35. The molecule has 5 unspecified atom stereocenters. The number of hydrogen-bond donors (Lipinski definition) is 3. The fourth-order valence-corrected chi connectivity index (χ4v) is 9.56. The minimum atomic E-state index is -2.30. The van der Waals surface area contributed by atoms with E-state index in [0.717, 1.165) is 38.9 Å². The smallest absolute Gasteiger partial charge is 0.206 e. The van der Waals surface area contributed by atoms with Crippen LogP contribution in [-0.4, -0.2) is 270 Å². The van der Waals surface area contributed by atoms with E-state index >= 15 is 0 Å². The quantitative estimate of drug-likeness (QED) is 0.0141. The Hall–Kier alpha value is -6.77. The van der Waals surface area contributed by atoms with Gasteiger partial charge in [0, 0.05) is 40.6 Å². The largest absolute Gasteiger partial charge is 0.485 e. The van der Waals surface area contributed by atoms with Crippen molar-refractivity contribution in [1.82, 2.24) is 0 Å². The lowest BCUT2D eigenvalue weighted by Crippen LogP contribution is -2.29. The minimum Gasteiger partial charge on any atom is -0.485 e. The van der Waals surface area contributed by atoms with Gasteiger partial charge >= 0.3 is 0 Å². The second-order valence-corrected chi connectivity index (χ2v) is 27.8. The number of aliphatic hydroxyl groups excluding tert-OH is 3. The molecule has 5 aromatic rings. The van der Waals surface area contributed by atoms with Gasteiger partial charge in [0.15, 0.2) is 57.8 Å². The van der Waals surface area contributed by atoms with Crippen LogP contribution in [0.2, 0.25) is 0 Å². The summed E-state index contributed by atoms with van der Waals surface area (Å²) in [6.07, 6.45) is 0.131. The normalized spacial score (nSPS) is 14.8. The Labute approximate surface area is 746 Å². The molecule has 24 nitrogen and oxygen atoms in total. The first kappa shape index (κ1) is 122. The Bertz CT molecular complexity index is 3820. The van der Waals surface area contributed by atoms with E-state index in [2.05, 4.69) is 39.3 Å². The van der Waals surface area contributed by atoms with Gasteiger partial charge in [0.2, 0.25) is 122 Å². The van der Waals surface area contributed by atoms with Crippen molar-refractivity contribution in [1.29, 1.82) is 0 Å². The van der Waals surface area contributed by atoms with Gasteiger partial charge in [-0.3, -0.25) is 0 Å². The van der Waals surface area contributed by atoms with Crippen LogP contribution in [0.3, 0.4) is 0 Å². The zero-order chi connectivity index (χ0) is 99.1. The highest BCUT2D eigenvalue weighted by atomic mass is 79.9. The molecule has 0 bridgehead atoms. The first-order valence-electron chi connectivity index (χ1n) is 39.7. The molecular formula is C81H106BrF25O24. The van der Waals surface area contributed by atoms with Crippen LogP contribution < -0.4 is 18.9 Å². The molecule has 0 spiro atoms. The monoisotopic (exact) mass is 2020 g/mol. The summed E-state index contributed by atoms with van der Waals surface area (Å²) < 4.78 is 430. The lowest BCUT2D eigenvalue weighted by molar-refractivity contribution is -0.142. The molecule has 131 heavy (non-hydrogen) atoms. The average Bonchev–Trinajstić information content (AvgIpc) is 0.927. The fourth-order valence-electron chi connectivity index (χ4n) is 9.21. The zero-order valence-corrected chi connectivity index (χ0v) is 74.3. The van der Waals surface area contributed by atoms with E-state index in [1.807, 2.05) is 27.7 Å². The van der Waals surface area contributed by atoms with Crippen molar-refractivity contribution in [3.63, 3.8) is 0 Å². The molecule has 0 saturated carbocycles. The summed E-state index contributed by atoms with van der Waals surface area (Å²) in [5, 5.41) is 25.8. The fraction of sp³-hybridized carbons (Fsp3) is 0.630. The standard InChI is InChI=1S/2C19H27F5O6.C12H11F5O3.C10H22O3.C9H7F5O3.C6BrF5.C6H12O3/c1-3-4-26-5-6-27-7-8-28-9-10-29-11-13(25-2)12-30-19-17(23)15(21)14(20)16(22)18(19)24;1-3-4-26-5-6-27-7-8-28-9-10-29-13(11-25-2)12-30-19-17(23)15(21)14(20)16(22)18(19)24;1-12(2)19-4-5(20-12)3-18-11-9(16)7(14)6(13)8(15)10(11)17;1-3-5-11-7-9-13-10-8-12-6-4-2;10-4-5(11)7(13)9(8(14)6(4)12)17-2-3(16)1-15;7-1-2(8)4(10)6(12)5(11)3(1)9;1-6(2)8-4-5(3-7)9-6/h2*13H,3-12H2,1-2H3;5H,3-4H2,1-2H3;3-10H2,1-2H3;3,15-16H,1-2H2;;5,7H,3-4H2,1-2H3. The summed E-state index contributed by atoms with van der Waals surface area (Å²) in [5.74, 6) is -59.0. The lowest BCUT2D eigenvalue weighted by atomic mass is 10.2. The van der Waals surface area contributed by atoms with Crippen LogP contribution in [-0.2, 0) is 80.5 Å². The van der Waals surface area contributed by atoms with E-state index in [-0.39, 0.29) is 59.0 Å². The van der Waals surface area contributed by atoms with Crippen LogP contribution in [0.5, 0.6) is 23.0 Å². The molecule has 2 saturated heterocycles. The Balaban J connectivity index is 0.000000792. The SMILES string of the molecule is CC1(C)OCC(CO)O1.CC1(C)OCC(COc2c(F)c(F)c(F)c(F)c2F)O1.CCCOCCOCCOCCC.CCCOCCOCCOCCOC(COC)COc1c(F)c(F)c(F)c(F)c1F.CCCOCCOCCOCCOCC(COc1c(F)c(F)c(F)c(F)c1F)OC.Fc1c(F)c(F)c(Br)c(F)c1F.OCC(O)COc1c(F)c(F)c(F)c(F)c1F. The van der Waals surface area contributed by atoms with Crippen LogP contribution >= 0.6 is 15.9 Å². The maximum atomic E-state index is 13.6. The van der Waals surface area contributed by atoms with Gasteiger partial charge in [0.25, 0.3) is 0 Å². The molecule has 2 aliphatic rings. The van der Waals surface area contributed by atoms with Gasteiger partial charge in [-0.15, -0.1) is 0 Å². The highest BCUT2D eigenvalue weighted by molar-refractivity contribution is 9.10. The van der Waals surface area contributed by atoms with Gasteiger partial charge in [-0.25, -0.2) is 74.6 Å². The maximum Gasteiger partial charge on any atom is 0.206 e. The van der Waals surface area contributed by atoms with Crippen molar-refractivity contribution < 1.29 is 225 Å². The Kier molecular flexibility index (Phi) is 62.9. The Morgan fingerprint density at radius 1 is 0.305 bits per heavy atom. The maximum absolute atomic E-state index is 13.6. The molecule has 0 aromatic heterocycles. The number of benzene rings is 5. The van der Waals surface area contributed by atoms with Gasteiger partial charge in [0.1, 0.15) is 56.9 Å². The molecule has 2 aliphatic heterocycles. The zero-order valence-electron chi connectivity index (χ0n) is 72.7. The predicted molar refractivity (Wildman–Crippen MR) is 413 cm³/mol. The average molecular weight is 2020 g/mol. The molecule has 0 radical (unpaired) electrons. The van der Waals surface area contributed by atoms with E-state index in [1.54, 1.807) is 13.8 Å². The summed E-state index contributed by atoms with van der Waals surface area (Å²) in [6, 6.07) is 0. The van der Waals surface area contributed by atoms with Gasteiger partial charge in [-0.2, -0.15) is 35.1 Å². The topological polar surface area (TPSA) is 255 Å². The van der Waals surface area contributed by atoms with Crippen LogP contribution in [0.1, 0.15) is 81.1 Å². The van der Waals surface area contributed by atoms with E-state index < -0.39 is 242 Å². The van der Waals surface area contributed by atoms with Crippen molar-refractivity contribution in [2.24, 2.45) is 0 Å². The van der Waals surface area contributed by atoms with Crippen molar-refractivity contribution in [3.8, 4) is 23.0 Å². The van der Waals surface area contributed by atoms with E-state index in [4.69, 9.17) is 105 Å². The van der Waals surface area contributed by atoms with E-state index in [0.29, 0.717) is 99.1 Å². The van der Waals surface area contributed by atoms with Crippen molar-refractivity contribution in [2.45, 2.75) is 123 Å². The second kappa shape index (κ2) is 67.4. The molecular weight excluding hydrogens is 1910 g/mol. The van der Waals surface area contributed by atoms with E-state index in [1.165, 1.54) is 14.2 Å². The predicted octanol–water partition coefficient (Wildman–Crippen LogP) is 15.7. The molecule has 5 atom stereocenters. The number of hydrogen-bond acceptors (Lipinski definition) is 24.